The summed E-state index contributed by atoms with van der Waals surface area (Å²) < 4.78 is 26.2. The summed E-state index contributed by atoms with van der Waals surface area (Å²) in [6.45, 7) is 3.26. The minimum absolute atomic E-state index is 0.00700. The molecule has 0 radical (unpaired) electrons. The summed E-state index contributed by atoms with van der Waals surface area (Å²) in [5, 5.41) is 9.35. The van der Waals surface area contributed by atoms with Crippen LogP contribution < -0.4 is 10.5 Å². The first-order chi connectivity index (χ1) is 8.24. The first kappa shape index (κ1) is 15.4. The fourth-order valence-electron chi connectivity index (χ4n) is 1.28. The van der Waals surface area contributed by atoms with Crippen molar-refractivity contribution < 1.29 is 13.5 Å². The maximum absolute atomic E-state index is 12.0. The van der Waals surface area contributed by atoms with Crippen molar-refractivity contribution in [3.63, 3.8) is 0 Å². The minimum atomic E-state index is -3.71. The lowest BCUT2D eigenvalue weighted by Gasteiger charge is -2.16. The third-order valence-electron chi connectivity index (χ3n) is 2.51. The normalized spacial score (nSPS) is 15.4. The average Bonchev–Trinajstić information content (AvgIpc) is 2.25. The second kappa shape index (κ2) is 5.99. The average molecular weight is 293 g/mol. The van der Waals surface area contributed by atoms with E-state index in [0.29, 0.717) is 0 Å². The molecule has 2 atom stereocenters. The molecular weight excluding hydrogens is 276 g/mol. The molecule has 1 rings (SSSR count). The van der Waals surface area contributed by atoms with Gasteiger partial charge in [-0.05, 0) is 31.5 Å². The van der Waals surface area contributed by atoms with Gasteiger partial charge in [0.2, 0.25) is 10.0 Å². The number of aryl methyl sites for hydroxylation is 1. The van der Waals surface area contributed by atoms with Crippen molar-refractivity contribution >= 4 is 21.6 Å². The van der Waals surface area contributed by atoms with Gasteiger partial charge in [-0.25, -0.2) is 13.1 Å². The Morgan fingerprint density at radius 2 is 2.11 bits per heavy atom. The van der Waals surface area contributed by atoms with E-state index in [1.54, 1.807) is 12.1 Å². The van der Waals surface area contributed by atoms with Crippen molar-refractivity contribution in [2.24, 2.45) is 5.73 Å². The number of halogens is 1. The number of nitrogens with two attached hydrogens (primary N) is 1. The summed E-state index contributed by atoms with van der Waals surface area (Å²) in [6.07, 6.45) is -0.791. The number of aliphatic hydroxyl groups is 1. The van der Waals surface area contributed by atoms with Crippen molar-refractivity contribution in [2.75, 3.05) is 6.54 Å². The largest absolute Gasteiger partial charge is 0.392 e. The molecular formula is C11H17ClN2O3S. The van der Waals surface area contributed by atoms with Crippen molar-refractivity contribution in [1.29, 1.82) is 0 Å². The first-order valence-electron chi connectivity index (χ1n) is 5.43. The van der Waals surface area contributed by atoms with Crippen LogP contribution in [0, 0.1) is 6.92 Å². The Bertz CT molecular complexity index is 517. The maximum Gasteiger partial charge on any atom is 0.242 e. The topological polar surface area (TPSA) is 92.4 Å². The van der Waals surface area contributed by atoms with E-state index in [1.807, 2.05) is 6.92 Å². The molecule has 5 nitrogen and oxygen atoms in total. The van der Waals surface area contributed by atoms with Gasteiger partial charge >= 0.3 is 0 Å². The van der Waals surface area contributed by atoms with Crippen LogP contribution in [0.25, 0.3) is 0 Å². The molecule has 0 amide bonds. The van der Waals surface area contributed by atoms with Gasteiger partial charge in [0.15, 0.2) is 0 Å². The molecule has 0 saturated heterocycles. The molecule has 102 valence electrons. The van der Waals surface area contributed by atoms with Gasteiger partial charge in [-0.15, -0.1) is 0 Å². The molecule has 0 spiro atoms. The zero-order valence-corrected chi connectivity index (χ0v) is 11.8. The van der Waals surface area contributed by atoms with Gasteiger partial charge in [0.25, 0.3) is 0 Å². The zero-order valence-electron chi connectivity index (χ0n) is 10.2. The van der Waals surface area contributed by atoms with Gasteiger partial charge in [0, 0.05) is 12.6 Å². The lowest BCUT2D eigenvalue weighted by molar-refractivity contribution is 0.164. The van der Waals surface area contributed by atoms with Crippen LogP contribution in [0.2, 0.25) is 5.02 Å². The number of benzene rings is 1. The van der Waals surface area contributed by atoms with Crippen LogP contribution >= 0.6 is 11.6 Å². The molecule has 0 fully saturated rings. The summed E-state index contributed by atoms with van der Waals surface area (Å²) in [4.78, 5) is 0.00700. The molecule has 18 heavy (non-hydrogen) atoms. The van der Waals surface area contributed by atoms with Crippen LogP contribution in [-0.4, -0.2) is 32.2 Å². The first-order valence-corrected chi connectivity index (χ1v) is 7.29. The van der Waals surface area contributed by atoms with Crippen LogP contribution in [0.4, 0.5) is 0 Å². The van der Waals surface area contributed by atoms with Gasteiger partial charge < -0.3 is 10.8 Å². The summed E-state index contributed by atoms with van der Waals surface area (Å²) in [5.74, 6) is 0. The van der Waals surface area contributed by atoms with Crippen LogP contribution in [0.1, 0.15) is 12.5 Å². The number of rotatable bonds is 5. The molecule has 1 aromatic rings. The fourth-order valence-corrected chi connectivity index (χ4v) is 2.95. The van der Waals surface area contributed by atoms with Gasteiger partial charge in [-0.2, -0.15) is 0 Å². The minimum Gasteiger partial charge on any atom is -0.392 e. The van der Waals surface area contributed by atoms with Gasteiger partial charge in [0.05, 0.1) is 11.1 Å². The predicted molar refractivity (Wildman–Crippen MR) is 71.0 cm³/mol. The highest BCUT2D eigenvalue weighted by atomic mass is 35.5. The van der Waals surface area contributed by atoms with Crippen molar-refractivity contribution in [2.45, 2.75) is 30.9 Å². The monoisotopic (exact) mass is 292 g/mol. The van der Waals surface area contributed by atoms with E-state index in [2.05, 4.69) is 4.72 Å². The molecule has 7 heteroatoms. The van der Waals surface area contributed by atoms with Crippen LogP contribution in [0.3, 0.4) is 0 Å². The van der Waals surface area contributed by atoms with Crippen LogP contribution in [0.5, 0.6) is 0 Å². The number of nitrogens with one attached hydrogen (secondary N) is 1. The molecule has 0 aromatic heterocycles. The summed E-state index contributed by atoms with van der Waals surface area (Å²) in [5.41, 5.74) is 6.43. The summed E-state index contributed by atoms with van der Waals surface area (Å²) in [7, 11) is -3.71. The Morgan fingerprint density at radius 1 is 1.50 bits per heavy atom. The smallest absolute Gasteiger partial charge is 0.242 e. The maximum atomic E-state index is 12.0. The molecule has 1 aromatic carbocycles. The quantitative estimate of drug-likeness (QED) is 0.742. The second-order valence-electron chi connectivity index (χ2n) is 4.19. The van der Waals surface area contributed by atoms with E-state index in [1.165, 1.54) is 13.0 Å². The van der Waals surface area contributed by atoms with Crippen molar-refractivity contribution in [1.82, 2.24) is 4.72 Å². The third kappa shape index (κ3) is 3.93. The third-order valence-corrected chi connectivity index (χ3v) is 4.41. The van der Waals surface area contributed by atoms with E-state index in [0.717, 1.165) is 5.56 Å². The van der Waals surface area contributed by atoms with Gasteiger partial charge in [-0.1, -0.05) is 17.7 Å². The molecule has 0 heterocycles. The van der Waals surface area contributed by atoms with E-state index in [9.17, 15) is 13.5 Å². The molecule has 0 aliphatic carbocycles. The molecule has 2 unspecified atom stereocenters. The predicted octanol–water partition coefficient (Wildman–Crippen LogP) is 0.635. The highest BCUT2D eigenvalue weighted by Crippen LogP contribution is 2.22. The molecule has 0 aliphatic rings. The lowest BCUT2D eigenvalue weighted by atomic mass is 10.2. The Morgan fingerprint density at radius 3 is 2.61 bits per heavy atom. The number of aliphatic hydroxyl groups excluding tert-OH is 1. The van der Waals surface area contributed by atoms with E-state index in [-0.39, 0.29) is 16.5 Å². The Balaban J connectivity index is 2.87. The van der Waals surface area contributed by atoms with Crippen molar-refractivity contribution in [3.8, 4) is 0 Å². The SMILES string of the molecule is Cc1ccc(S(=O)(=O)NCC(N)C(C)O)c(Cl)c1. The highest BCUT2D eigenvalue weighted by Gasteiger charge is 2.19. The molecule has 0 saturated carbocycles. The Kier molecular flexibility index (Phi) is 5.12. The number of hydrogen-bond donors (Lipinski definition) is 3. The van der Waals surface area contributed by atoms with Crippen LogP contribution in [0.15, 0.2) is 23.1 Å². The van der Waals surface area contributed by atoms with Crippen molar-refractivity contribution in [3.05, 3.63) is 28.8 Å². The lowest BCUT2D eigenvalue weighted by Crippen LogP contribution is -2.43. The number of hydrogen-bond acceptors (Lipinski definition) is 4. The number of sulfonamides is 1. The van der Waals surface area contributed by atoms with Gasteiger partial charge in [0.1, 0.15) is 4.90 Å². The van der Waals surface area contributed by atoms with Gasteiger partial charge in [-0.3, -0.25) is 0 Å². The van der Waals surface area contributed by atoms with E-state index >= 15 is 0 Å². The highest BCUT2D eigenvalue weighted by molar-refractivity contribution is 7.89. The van der Waals surface area contributed by atoms with E-state index < -0.39 is 22.2 Å². The second-order valence-corrected chi connectivity index (χ2v) is 6.33. The zero-order chi connectivity index (χ0) is 13.9. The molecule has 0 aliphatic heterocycles. The van der Waals surface area contributed by atoms with Crippen LogP contribution in [-0.2, 0) is 10.0 Å². The standard InChI is InChI=1S/C11H17ClN2O3S/c1-7-3-4-11(9(12)5-7)18(16,17)14-6-10(13)8(2)15/h3-5,8,10,14-15H,6,13H2,1-2H3. The Hall–Kier alpha value is -0.660. The Labute approximate surface area is 112 Å². The molecule has 0 bridgehead atoms. The summed E-state index contributed by atoms with van der Waals surface area (Å²) in [6, 6.07) is 4.01. The summed E-state index contributed by atoms with van der Waals surface area (Å²) >= 11 is 5.89. The molecule has 4 N–H and O–H groups in total. The fraction of sp³-hybridized carbons (Fsp3) is 0.455. The van der Waals surface area contributed by atoms with E-state index in [4.69, 9.17) is 17.3 Å².